The van der Waals surface area contributed by atoms with Crippen LogP contribution in [0, 0.1) is 23.0 Å². The standard InChI is InChI=1S/C35H31ClF4N6O2/c1-20(37)33(47)46-14-13-44(18-23(46)9-11-41)32-25-15-26(36)29(24-7-2-5-21-6-3-8-27(39)28(21)24)30(40)31(25)42-34(43-32)48-19-35-10-4-12-45(35)17-22(38)16-35/h2-3,5-8,15,22-23H,1,4,9-10,12-14,16-19H2/t22-,23+,35+/m1/s1. The molecule has 0 N–H and O–H groups in total. The zero-order chi connectivity index (χ0) is 33.7. The van der Waals surface area contributed by atoms with E-state index in [4.69, 9.17) is 16.3 Å². The van der Waals surface area contributed by atoms with Gasteiger partial charge in [0.05, 0.1) is 29.1 Å². The third kappa shape index (κ3) is 5.48. The van der Waals surface area contributed by atoms with Crippen LogP contribution in [-0.2, 0) is 4.79 Å². The van der Waals surface area contributed by atoms with Crippen LogP contribution in [0.5, 0.6) is 6.01 Å². The Kier molecular flexibility index (Phi) is 8.37. The van der Waals surface area contributed by atoms with E-state index in [1.54, 1.807) is 35.2 Å². The molecule has 3 aliphatic heterocycles. The summed E-state index contributed by atoms with van der Waals surface area (Å²) >= 11 is 6.79. The number of piperazine rings is 1. The number of aromatic nitrogens is 2. The molecule has 0 spiro atoms. The normalized spacial score (nSPS) is 22.7. The van der Waals surface area contributed by atoms with E-state index in [0.29, 0.717) is 18.4 Å². The van der Waals surface area contributed by atoms with Gasteiger partial charge in [-0.25, -0.2) is 17.6 Å². The van der Waals surface area contributed by atoms with Crippen molar-refractivity contribution in [2.24, 2.45) is 0 Å². The van der Waals surface area contributed by atoms with Gasteiger partial charge < -0.3 is 14.5 Å². The molecule has 1 amide bonds. The second kappa shape index (κ2) is 12.5. The Labute approximate surface area is 279 Å². The number of amides is 1. The van der Waals surface area contributed by atoms with E-state index < -0.39 is 41.1 Å². The molecule has 1 aromatic heterocycles. The number of carbonyl (C=O) groups excluding carboxylic acids is 1. The van der Waals surface area contributed by atoms with Crippen LogP contribution in [0.15, 0.2) is 54.9 Å². The summed E-state index contributed by atoms with van der Waals surface area (Å²) < 4.78 is 66.6. The van der Waals surface area contributed by atoms with Crippen LogP contribution >= 0.6 is 11.6 Å². The van der Waals surface area contributed by atoms with Crippen molar-refractivity contribution in [3.63, 3.8) is 0 Å². The Morgan fingerprint density at radius 3 is 2.71 bits per heavy atom. The van der Waals surface area contributed by atoms with Gasteiger partial charge >= 0.3 is 6.01 Å². The molecule has 3 aliphatic rings. The molecule has 8 nitrogen and oxygen atoms in total. The van der Waals surface area contributed by atoms with E-state index in [9.17, 15) is 18.8 Å². The number of rotatable bonds is 7. The summed E-state index contributed by atoms with van der Waals surface area (Å²) in [6, 6.07) is 12.3. The van der Waals surface area contributed by atoms with Gasteiger partial charge in [0.15, 0.2) is 11.6 Å². The van der Waals surface area contributed by atoms with Crippen molar-refractivity contribution in [1.29, 1.82) is 5.26 Å². The lowest BCUT2D eigenvalue weighted by Crippen LogP contribution is -2.55. The van der Waals surface area contributed by atoms with Gasteiger partial charge in [0.2, 0.25) is 0 Å². The van der Waals surface area contributed by atoms with Crippen molar-refractivity contribution < 1.29 is 27.1 Å². The monoisotopic (exact) mass is 678 g/mol. The molecule has 3 fully saturated rings. The van der Waals surface area contributed by atoms with Crippen molar-refractivity contribution in [3.05, 3.63) is 71.5 Å². The first kappa shape index (κ1) is 32.1. The number of ether oxygens (including phenoxy) is 1. The number of alkyl halides is 1. The van der Waals surface area contributed by atoms with E-state index in [1.807, 2.05) is 6.07 Å². The van der Waals surface area contributed by atoms with Gasteiger partial charge in [0.1, 0.15) is 29.9 Å². The van der Waals surface area contributed by atoms with Gasteiger partial charge in [-0.2, -0.15) is 15.2 Å². The molecular weight excluding hydrogens is 648 g/mol. The van der Waals surface area contributed by atoms with Crippen LogP contribution in [0.4, 0.5) is 23.4 Å². The molecule has 0 radical (unpaired) electrons. The third-order valence-corrected chi connectivity index (χ3v) is 10.1. The predicted molar refractivity (Wildman–Crippen MR) is 174 cm³/mol. The zero-order valence-corrected chi connectivity index (χ0v) is 26.6. The van der Waals surface area contributed by atoms with Crippen LogP contribution in [0.25, 0.3) is 32.8 Å². The number of nitriles is 1. The second-order valence-electron chi connectivity index (χ2n) is 12.6. The summed E-state index contributed by atoms with van der Waals surface area (Å²) in [6.07, 6.45) is 0.852. The van der Waals surface area contributed by atoms with Crippen LogP contribution < -0.4 is 9.64 Å². The number of benzene rings is 3. The number of halogens is 5. The van der Waals surface area contributed by atoms with Crippen LogP contribution in [0.3, 0.4) is 0 Å². The minimum absolute atomic E-state index is 0.00850. The topological polar surface area (TPSA) is 85.6 Å². The highest BCUT2D eigenvalue weighted by Crippen LogP contribution is 2.43. The maximum absolute atomic E-state index is 16.9. The number of anilines is 1. The largest absolute Gasteiger partial charge is 0.461 e. The molecule has 3 saturated heterocycles. The zero-order valence-electron chi connectivity index (χ0n) is 25.9. The van der Waals surface area contributed by atoms with E-state index in [0.717, 1.165) is 19.4 Å². The lowest BCUT2D eigenvalue weighted by Gasteiger charge is -2.41. The lowest BCUT2D eigenvalue weighted by atomic mass is 9.95. The maximum atomic E-state index is 16.9. The SMILES string of the molecule is C=C(F)C(=O)N1CCN(c2nc(OC[C@@]34CCCN3C[C@H](F)C4)nc3c(F)c(-c4cccc5cccc(F)c45)c(Cl)cc23)C[C@@H]1CC#N. The molecule has 0 saturated carbocycles. The van der Waals surface area contributed by atoms with Crippen molar-refractivity contribution in [3.8, 4) is 23.2 Å². The van der Waals surface area contributed by atoms with Gasteiger partial charge in [0.25, 0.3) is 5.91 Å². The fraction of sp³-hybridized carbons (Fsp3) is 0.371. The minimum atomic E-state index is -1.14. The summed E-state index contributed by atoms with van der Waals surface area (Å²) in [6.45, 7) is 4.53. The number of nitrogens with zero attached hydrogens (tertiary/aromatic N) is 6. The Bertz CT molecular complexity index is 2000. The molecule has 0 aliphatic carbocycles. The third-order valence-electron chi connectivity index (χ3n) is 9.80. The molecule has 4 aromatic rings. The van der Waals surface area contributed by atoms with Crippen molar-refractivity contribution in [2.75, 3.05) is 44.2 Å². The van der Waals surface area contributed by atoms with Gasteiger partial charge in [0, 0.05) is 48.9 Å². The molecule has 4 heterocycles. The molecule has 0 unspecified atom stereocenters. The molecule has 3 atom stereocenters. The number of hydrogen-bond acceptors (Lipinski definition) is 7. The van der Waals surface area contributed by atoms with Gasteiger partial charge in [-0.05, 0) is 42.5 Å². The summed E-state index contributed by atoms with van der Waals surface area (Å²) in [7, 11) is 0. The molecule has 0 bridgehead atoms. The first-order valence-electron chi connectivity index (χ1n) is 15.8. The van der Waals surface area contributed by atoms with E-state index in [1.165, 1.54) is 17.0 Å². The average molecular weight is 679 g/mol. The van der Waals surface area contributed by atoms with Gasteiger partial charge in [-0.15, -0.1) is 0 Å². The second-order valence-corrected chi connectivity index (χ2v) is 13.1. The first-order chi connectivity index (χ1) is 23.1. The summed E-state index contributed by atoms with van der Waals surface area (Å²) in [5, 5.41) is 10.5. The minimum Gasteiger partial charge on any atom is -0.461 e. The fourth-order valence-electron chi connectivity index (χ4n) is 7.61. The predicted octanol–water partition coefficient (Wildman–Crippen LogP) is 6.75. The summed E-state index contributed by atoms with van der Waals surface area (Å²) in [5.41, 5.74) is -0.469. The quantitative estimate of drug-likeness (QED) is 0.158. The summed E-state index contributed by atoms with van der Waals surface area (Å²) in [5.74, 6) is -3.17. The van der Waals surface area contributed by atoms with E-state index in [2.05, 4.69) is 21.4 Å². The molecule has 13 heteroatoms. The Morgan fingerprint density at radius 1 is 1.15 bits per heavy atom. The number of hydrogen-bond donors (Lipinski definition) is 0. The van der Waals surface area contributed by atoms with Gasteiger partial charge in [-0.3, -0.25) is 9.69 Å². The highest BCUT2D eigenvalue weighted by Gasteiger charge is 2.49. The maximum Gasteiger partial charge on any atom is 0.319 e. The molecule has 7 rings (SSSR count). The first-order valence-corrected chi connectivity index (χ1v) is 16.1. The van der Waals surface area contributed by atoms with Gasteiger partial charge in [-0.1, -0.05) is 48.5 Å². The fourth-order valence-corrected chi connectivity index (χ4v) is 7.91. The Morgan fingerprint density at radius 2 is 1.94 bits per heavy atom. The lowest BCUT2D eigenvalue weighted by molar-refractivity contribution is -0.131. The Hall–Kier alpha value is -4.47. The van der Waals surface area contributed by atoms with Crippen molar-refractivity contribution in [2.45, 2.75) is 43.4 Å². The van der Waals surface area contributed by atoms with Crippen LogP contribution in [0.1, 0.15) is 25.7 Å². The molecule has 248 valence electrons. The van der Waals surface area contributed by atoms with E-state index in [-0.39, 0.29) is 76.9 Å². The highest BCUT2D eigenvalue weighted by molar-refractivity contribution is 6.35. The Balaban J connectivity index is 1.35. The van der Waals surface area contributed by atoms with Crippen LogP contribution in [0.2, 0.25) is 5.02 Å². The summed E-state index contributed by atoms with van der Waals surface area (Å²) in [4.78, 5) is 26.8. The molecule has 3 aromatic carbocycles. The average Bonchev–Trinajstić information content (AvgIpc) is 3.59. The smallest absolute Gasteiger partial charge is 0.319 e. The molecular formula is C35H31ClF4N6O2. The number of carbonyl (C=O) groups is 1. The van der Waals surface area contributed by atoms with Crippen LogP contribution in [-0.4, -0.2) is 82.8 Å². The van der Waals surface area contributed by atoms with Crippen molar-refractivity contribution >= 4 is 45.0 Å². The molecule has 48 heavy (non-hydrogen) atoms. The highest BCUT2D eigenvalue weighted by atomic mass is 35.5. The number of fused-ring (bicyclic) bond motifs is 3. The van der Waals surface area contributed by atoms with Crippen molar-refractivity contribution in [1.82, 2.24) is 19.8 Å². The van der Waals surface area contributed by atoms with E-state index >= 15 is 8.78 Å².